The maximum Gasteiger partial charge on any atom is 0.0702 e. The molecular weight excluding hydrogens is 260 g/mol. The van der Waals surface area contributed by atoms with Gasteiger partial charge < -0.3 is 15.0 Å². The van der Waals surface area contributed by atoms with E-state index in [1.165, 1.54) is 32.2 Å². The van der Waals surface area contributed by atoms with Crippen LogP contribution in [0.15, 0.2) is 0 Å². The second-order valence-corrected chi connectivity index (χ2v) is 7.37. The van der Waals surface area contributed by atoms with Crippen molar-refractivity contribution in [3.63, 3.8) is 0 Å². The third-order valence-corrected chi connectivity index (χ3v) is 5.55. The molecule has 0 bridgehead atoms. The Labute approximate surface area is 131 Å². The molecule has 124 valence electrons. The molecule has 2 aliphatic rings. The van der Waals surface area contributed by atoms with E-state index in [0.717, 1.165) is 44.0 Å². The van der Waals surface area contributed by atoms with Crippen molar-refractivity contribution in [2.45, 2.75) is 65.5 Å². The largest absolute Gasteiger partial charge is 0.377 e. The zero-order chi connectivity index (χ0) is 15.2. The fraction of sp³-hybridized carbons (Fsp3) is 1.00. The molecule has 0 spiro atoms. The Hall–Kier alpha value is -0.120. The highest BCUT2D eigenvalue weighted by molar-refractivity contribution is 4.89. The van der Waals surface area contributed by atoms with Crippen LogP contribution in [0.3, 0.4) is 0 Å². The first-order valence-electron chi connectivity index (χ1n) is 9.21. The van der Waals surface area contributed by atoms with Gasteiger partial charge in [-0.2, -0.15) is 0 Å². The number of rotatable bonds is 7. The number of nitrogens with zero attached hydrogens (tertiary/aromatic N) is 1. The Morgan fingerprint density at radius 1 is 1.14 bits per heavy atom. The SMILES string of the molecule is CCNC1CC(C)CC(C)C1CN(CC)CC1CCCO1. The van der Waals surface area contributed by atoms with Gasteiger partial charge in [0.1, 0.15) is 0 Å². The molecule has 1 saturated heterocycles. The van der Waals surface area contributed by atoms with Crippen LogP contribution in [0.5, 0.6) is 0 Å². The Bertz CT molecular complexity index is 291. The first-order chi connectivity index (χ1) is 10.1. The molecule has 5 atom stereocenters. The third-order valence-electron chi connectivity index (χ3n) is 5.55. The van der Waals surface area contributed by atoms with E-state index in [4.69, 9.17) is 4.74 Å². The van der Waals surface area contributed by atoms with Crippen molar-refractivity contribution in [1.82, 2.24) is 10.2 Å². The average molecular weight is 296 g/mol. The Balaban J connectivity index is 1.91. The van der Waals surface area contributed by atoms with Gasteiger partial charge in [-0.05, 0) is 56.5 Å². The molecular formula is C18H36N2O. The Morgan fingerprint density at radius 3 is 2.57 bits per heavy atom. The second-order valence-electron chi connectivity index (χ2n) is 7.37. The predicted molar refractivity (Wildman–Crippen MR) is 89.6 cm³/mol. The Morgan fingerprint density at radius 2 is 1.95 bits per heavy atom. The highest BCUT2D eigenvalue weighted by Gasteiger charge is 2.34. The van der Waals surface area contributed by atoms with E-state index in [0.29, 0.717) is 12.1 Å². The molecule has 0 aromatic rings. The van der Waals surface area contributed by atoms with Gasteiger partial charge in [0, 0.05) is 25.7 Å². The van der Waals surface area contributed by atoms with Gasteiger partial charge in [-0.1, -0.05) is 27.7 Å². The lowest BCUT2D eigenvalue weighted by atomic mass is 9.72. The van der Waals surface area contributed by atoms with Crippen LogP contribution in [-0.4, -0.2) is 49.8 Å². The van der Waals surface area contributed by atoms with Crippen molar-refractivity contribution in [3.05, 3.63) is 0 Å². The highest BCUT2D eigenvalue weighted by Crippen LogP contribution is 2.34. The summed E-state index contributed by atoms with van der Waals surface area (Å²) >= 11 is 0. The molecule has 0 radical (unpaired) electrons. The summed E-state index contributed by atoms with van der Waals surface area (Å²) in [5.74, 6) is 2.49. The van der Waals surface area contributed by atoms with Gasteiger partial charge in [0.05, 0.1) is 6.10 Å². The topological polar surface area (TPSA) is 24.5 Å². The minimum atomic E-state index is 0.486. The smallest absolute Gasteiger partial charge is 0.0702 e. The normalized spacial score (nSPS) is 37.3. The highest BCUT2D eigenvalue weighted by atomic mass is 16.5. The van der Waals surface area contributed by atoms with E-state index in [1.54, 1.807) is 0 Å². The van der Waals surface area contributed by atoms with Crippen molar-refractivity contribution < 1.29 is 4.74 Å². The van der Waals surface area contributed by atoms with E-state index in [9.17, 15) is 0 Å². The average Bonchev–Trinajstić information content (AvgIpc) is 2.94. The number of ether oxygens (including phenoxy) is 1. The summed E-state index contributed by atoms with van der Waals surface area (Å²) in [5.41, 5.74) is 0. The summed E-state index contributed by atoms with van der Waals surface area (Å²) in [4.78, 5) is 2.64. The summed E-state index contributed by atoms with van der Waals surface area (Å²) in [6.07, 6.45) is 5.73. The summed E-state index contributed by atoms with van der Waals surface area (Å²) in [7, 11) is 0. The van der Waals surface area contributed by atoms with Crippen molar-refractivity contribution in [3.8, 4) is 0 Å². The van der Waals surface area contributed by atoms with Gasteiger partial charge >= 0.3 is 0 Å². The van der Waals surface area contributed by atoms with Gasteiger partial charge in [-0.15, -0.1) is 0 Å². The molecule has 1 aliphatic carbocycles. The van der Waals surface area contributed by atoms with Crippen LogP contribution in [0.2, 0.25) is 0 Å². The van der Waals surface area contributed by atoms with Crippen LogP contribution >= 0.6 is 0 Å². The van der Waals surface area contributed by atoms with Crippen LogP contribution in [0.1, 0.15) is 53.4 Å². The standard InChI is InChI=1S/C18H36N2O/c1-5-19-18-11-14(3)10-15(4)17(18)13-20(6-2)12-16-8-7-9-21-16/h14-19H,5-13H2,1-4H3. The molecule has 1 N–H and O–H groups in total. The van der Waals surface area contributed by atoms with Crippen LogP contribution < -0.4 is 5.32 Å². The summed E-state index contributed by atoms with van der Waals surface area (Å²) in [6.45, 7) is 15.0. The van der Waals surface area contributed by atoms with Crippen molar-refractivity contribution in [2.75, 3.05) is 32.8 Å². The van der Waals surface area contributed by atoms with E-state index >= 15 is 0 Å². The molecule has 5 unspecified atom stereocenters. The first-order valence-corrected chi connectivity index (χ1v) is 9.21. The summed E-state index contributed by atoms with van der Waals surface area (Å²) in [6, 6.07) is 0.701. The lowest BCUT2D eigenvalue weighted by Gasteiger charge is -2.42. The minimum Gasteiger partial charge on any atom is -0.377 e. The van der Waals surface area contributed by atoms with Crippen LogP contribution in [0.25, 0.3) is 0 Å². The molecule has 0 aromatic heterocycles. The number of hydrogen-bond acceptors (Lipinski definition) is 3. The number of likely N-dealkylation sites (N-methyl/N-ethyl adjacent to an activating group) is 1. The maximum atomic E-state index is 5.84. The maximum absolute atomic E-state index is 5.84. The van der Waals surface area contributed by atoms with Crippen LogP contribution in [-0.2, 0) is 4.74 Å². The Kier molecular flexibility index (Phi) is 6.97. The summed E-state index contributed by atoms with van der Waals surface area (Å²) in [5, 5.41) is 3.76. The minimum absolute atomic E-state index is 0.486. The molecule has 2 fully saturated rings. The van der Waals surface area contributed by atoms with E-state index < -0.39 is 0 Å². The van der Waals surface area contributed by atoms with E-state index in [-0.39, 0.29) is 0 Å². The molecule has 21 heavy (non-hydrogen) atoms. The van der Waals surface area contributed by atoms with Crippen LogP contribution in [0.4, 0.5) is 0 Å². The van der Waals surface area contributed by atoms with Gasteiger partial charge in [-0.3, -0.25) is 0 Å². The molecule has 3 heteroatoms. The molecule has 3 nitrogen and oxygen atoms in total. The first kappa shape index (κ1) is 17.2. The second kappa shape index (κ2) is 8.50. The van der Waals surface area contributed by atoms with Crippen molar-refractivity contribution in [2.24, 2.45) is 17.8 Å². The van der Waals surface area contributed by atoms with Crippen molar-refractivity contribution >= 4 is 0 Å². The number of hydrogen-bond donors (Lipinski definition) is 1. The van der Waals surface area contributed by atoms with E-state index in [2.05, 4.69) is 37.9 Å². The van der Waals surface area contributed by atoms with Gasteiger partial charge in [0.2, 0.25) is 0 Å². The molecule has 1 heterocycles. The zero-order valence-corrected chi connectivity index (χ0v) is 14.6. The lowest BCUT2D eigenvalue weighted by Crippen LogP contribution is -2.50. The van der Waals surface area contributed by atoms with E-state index in [1.807, 2.05) is 0 Å². The van der Waals surface area contributed by atoms with Gasteiger partial charge in [0.25, 0.3) is 0 Å². The van der Waals surface area contributed by atoms with Crippen LogP contribution in [0, 0.1) is 17.8 Å². The van der Waals surface area contributed by atoms with Gasteiger partial charge in [0.15, 0.2) is 0 Å². The van der Waals surface area contributed by atoms with Gasteiger partial charge in [-0.25, -0.2) is 0 Å². The fourth-order valence-electron chi connectivity index (χ4n) is 4.42. The number of nitrogens with one attached hydrogen (secondary N) is 1. The molecule has 0 aromatic carbocycles. The summed E-state index contributed by atoms with van der Waals surface area (Å²) < 4.78 is 5.84. The lowest BCUT2D eigenvalue weighted by molar-refractivity contribution is 0.0500. The molecule has 2 rings (SSSR count). The quantitative estimate of drug-likeness (QED) is 0.781. The van der Waals surface area contributed by atoms with Crippen molar-refractivity contribution in [1.29, 1.82) is 0 Å². The fourth-order valence-corrected chi connectivity index (χ4v) is 4.42. The molecule has 0 amide bonds. The molecule has 1 aliphatic heterocycles. The molecule has 1 saturated carbocycles. The predicted octanol–water partition coefficient (Wildman–Crippen LogP) is 3.15. The third kappa shape index (κ3) is 4.94. The zero-order valence-electron chi connectivity index (χ0n) is 14.6. The monoisotopic (exact) mass is 296 g/mol.